The van der Waals surface area contributed by atoms with E-state index in [2.05, 4.69) is 0 Å². The van der Waals surface area contributed by atoms with Crippen molar-refractivity contribution in [2.24, 2.45) is 0 Å². The number of esters is 1. The zero-order valence-corrected chi connectivity index (χ0v) is 22.7. The lowest BCUT2D eigenvalue weighted by atomic mass is 9.98. The fraction of sp³-hybridized carbons (Fsp3) is 0.265. The van der Waals surface area contributed by atoms with Gasteiger partial charge in [0, 0.05) is 0 Å². The predicted octanol–water partition coefficient (Wildman–Crippen LogP) is 5.32. The fourth-order valence-electron chi connectivity index (χ4n) is 4.63. The first-order chi connectivity index (χ1) is 20.2. The van der Waals surface area contributed by atoms with Crippen LogP contribution in [0.2, 0.25) is 0 Å². The number of carbonyl (C=O) groups is 1. The van der Waals surface area contributed by atoms with E-state index in [1.165, 1.54) is 0 Å². The number of rotatable bonds is 12. The van der Waals surface area contributed by atoms with Crippen molar-refractivity contribution < 1.29 is 33.6 Å². The molecule has 7 heteroatoms. The molecule has 0 aromatic heterocycles. The van der Waals surface area contributed by atoms with E-state index in [9.17, 15) is 9.90 Å². The molecule has 1 fully saturated rings. The molecule has 4 aromatic rings. The molecule has 0 bridgehead atoms. The monoisotopic (exact) mass is 554 g/mol. The largest absolute Gasteiger partial charge is 0.459 e. The van der Waals surface area contributed by atoms with Gasteiger partial charge in [0.15, 0.2) is 6.29 Å². The van der Waals surface area contributed by atoms with E-state index < -0.39 is 36.7 Å². The molecule has 4 aromatic carbocycles. The second-order valence-electron chi connectivity index (χ2n) is 9.82. The van der Waals surface area contributed by atoms with Crippen molar-refractivity contribution in [2.75, 3.05) is 6.61 Å². The highest BCUT2D eigenvalue weighted by molar-refractivity contribution is 5.89. The Morgan fingerprint density at radius 2 is 1.05 bits per heavy atom. The van der Waals surface area contributed by atoms with Crippen LogP contribution in [0.15, 0.2) is 121 Å². The molecule has 1 heterocycles. The Labute approximate surface area is 240 Å². The smallest absolute Gasteiger partial charge is 0.338 e. The average molecular weight is 555 g/mol. The van der Waals surface area contributed by atoms with Gasteiger partial charge in [0.2, 0.25) is 0 Å². The summed E-state index contributed by atoms with van der Waals surface area (Å²) in [4.78, 5) is 12.7. The lowest BCUT2D eigenvalue weighted by Gasteiger charge is -2.44. The van der Waals surface area contributed by atoms with E-state index in [-0.39, 0.29) is 26.4 Å². The van der Waals surface area contributed by atoms with Crippen LogP contribution in [0.1, 0.15) is 27.0 Å². The van der Waals surface area contributed by atoms with Crippen molar-refractivity contribution >= 4 is 5.97 Å². The summed E-state index contributed by atoms with van der Waals surface area (Å²) >= 11 is 0. The van der Waals surface area contributed by atoms with Crippen LogP contribution in [0.5, 0.6) is 0 Å². The molecule has 0 radical (unpaired) electrons. The lowest BCUT2D eigenvalue weighted by Crippen LogP contribution is -2.61. The highest BCUT2D eigenvalue weighted by atomic mass is 16.7. The molecule has 1 saturated heterocycles. The van der Waals surface area contributed by atoms with Crippen molar-refractivity contribution in [1.82, 2.24) is 0 Å². The van der Waals surface area contributed by atoms with E-state index in [1.54, 1.807) is 24.3 Å². The van der Waals surface area contributed by atoms with Gasteiger partial charge in [0.1, 0.15) is 31.0 Å². The standard InChI is InChI=1S/C34H34O7/c35-30-29(24-39-33(36)28-19-11-4-12-20-28)41-34(40-23-27-17-9-3-10-18-27)32(38-22-26-15-7-2-8-16-26)31(30)37-21-25-13-5-1-6-14-25/h1-20,29-32,34-35H,21-24H2/t29-,30-,31+,32-,34+/m1/s1. The minimum atomic E-state index is -1.15. The van der Waals surface area contributed by atoms with Crippen LogP contribution in [-0.2, 0) is 43.5 Å². The summed E-state index contributed by atoms with van der Waals surface area (Å²) in [6, 6.07) is 37.9. The summed E-state index contributed by atoms with van der Waals surface area (Å²) in [6.07, 6.45) is -4.54. The van der Waals surface area contributed by atoms with Crippen LogP contribution in [-0.4, -0.2) is 48.4 Å². The first kappa shape index (κ1) is 28.7. The third-order valence-corrected chi connectivity index (χ3v) is 6.83. The Balaban J connectivity index is 1.36. The Hall–Kier alpha value is -3.85. The number of aliphatic hydroxyl groups is 1. The number of hydrogen-bond acceptors (Lipinski definition) is 7. The van der Waals surface area contributed by atoms with Gasteiger partial charge in [0.25, 0.3) is 0 Å². The third kappa shape index (κ3) is 8.10. The van der Waals surface area contributed by atoms with Crippen LogP contribution >= 0.6 is 0 Å². The second-order valence-corrected chi connectivity index (χ2v) is 9.82. The molecule has 0 unspecified atom stereocenters. The Morgan fingerprint density at radius 1 is 0.610 bits per heavy atom. The van der Waals surface area contributed by atoms with Crippen molar-refractivity contribution in [3.63, 3.8) is 0 Å². The molecule has 0 saturated carbocycles. The summed E-state index contributed by atoms with van der Waals surface area (Å²) in [6.45, 7) is 0.590. The number of benzene rings is 4. The maximum Gasteiger partial charge on any atom is 0.338 e. The van der Waals surface area contributed by atoms with E-state index in [1.807, 2.05) is 97.1 Å². The molecule has 0 amide bonds. The molecule has 1 aliphatic rings. The maximum absolute atomic E-state index is 12.7. The summed E-state index contributed by atoms with van der Waals surface area (Å²) in [5.41, 5.74) is 3.28. The molecule has 5 atom stereocenters. The van der Waals surface area contributed by atoms with Gasteiger partial charge in [-0.2, -0.15) is 0 Å². The van der Waals surface area contributed by atoms with E-state index in [0.29, 0.717) is 5.56 Å². The van der Waals surface area contributed by atoms with Gasteiger partial charge in [-0.3, -0.25) is 0 Å². The van der Waals surface area contributed by atoms with Gasteiger partial charge in [-0.05, 0) is 28.8 Å². The van der Waals surface area contributed by atoms with Crippen LogP contribution in [0.3, 0.4) is 0 Å². The maximum atomic E-state index is 12.7. The van der Waals surface area contributed by atoms with Crippen molar-refractivity contribution in [1.29, 1.82) is 0 Å². The summed E-state index contributed by atoms with van der Waals surface area (Å²) in [5.74, 6) is -0.507. The second kappa shape index (κ2) is 14.7. The zero-order valence-electron chi connectivity index (χ0n) is 22.7. The predicted molar refractivity (Wildman–Crippen MR) is 153 cm³/mol. The zero-order chi connectivity index (χ0) is 28.3. The summed E-state index contributed by atoms with van der Waals surface area (Å²) < 4.78 is 30.7. The van der Waals surface area contributed by atoms with Crippen LogP contribution in [0.25, 0.3) is 0 Å². The molecule has 212 valence electrons. The Kier molecular flexibility index (Phi) is 10.3. The van der Waals surface area contributed by atoms with Crippen LogP contribution in [0, 0.1) is 0 Å². The van der Waals surface area contributed by atoms with Crippen LogP contribution < -0.4 is 0 Å². The van der Waals surface area contributed by atoms with Crippen molar-refractivity contribution in [3.05, 3.63) is 144 Å². The Bertz CT molecular complexity index is 1320. The lowest BCUT2D eigenvalue weighted by molar-refractivity contribution is -0.322. The third-order valence-electron chi connectivity index (χ3n) is 6.83. The van der Waals surface area contributed by atoms with E-state index in [0.717, 1.165) is 16.7 Å². The molecule has 7 nitrogen and oxygen atoms in total. The molecular formula is C34H34O7. The molecule has 1 aliphatic heterocycles. The number of aliphatic hydroxyl groups excluding tert-OH is 1. The quantitative estimate of drug-likeness (QED) is 0.238. The van der Waals surface area contributed by atoms with Crippen molar-refractivity contribution in [3.8, 4) is 0 Å². The average Bonchev–Trinajstić information content (AvgIpc) is 3.04. The van der Waals surface area contributed by atoms with Gasteiger partial charge >= 0.3 is 5.97 Å². The van der Waals surface area contributed by atoms with Crippen molar-refractivity contribution in [2.45, 2.75) is 50.5 Å². The number of ether oxygens (including phenoxy) is 5. The first-order valence-electron chi connectivity index (χ1n) is 13.7. The van der Waals surface area contributed by atoms with Gasteiger partial charge in [-0.25, -0.2) is 4.79 Å². The van der Waals surface area contributed by atoms with Gasteiger partial charge in [0.05, 0.1) is 25.4 Å². The number of hydrogen-bond donors (Lipinski definition) is 1. The van der Waals surface area contributed by atoms with Gasteiger partial charge in [-0.1, -0.05) is 109 Å². The minimum absolute atomic E-state index is 0.184. The molecule has 5 rings (SSSR count). The van der Waals surface area contributed by atoms with Gasteiger partial charge < -0.3 is 28.8 Å². The normalized spacial score (nSPS) is 22.2. The molecule has 0 aliphatic carbocycles. The summed E-state index contributed by atoms with van der Waals surface area (Å²) in [7, 11) is 0. The highest BCUT2D eigenvalue weighted by Gasteiger charge is 2.48. The number of carbonyl (C=O) groups excluding carboxylic acids is 1. The van der Waals surface area contributed by atoms with Gasteiger partial charge in [-0.15, -0.1) is 0 Å². The molecular weight excluding hydrogens is 520 g/mol. The minimum Gasteiger partial charge on any atom is -0.459 e. The Morgan fingerprint density at radius 3 is 1.56 bits per heavy atom. The topological polar surface area (TPSA) is 83.5 Å². The molecule has 1 N–H and O–H groups in total. The SMILES string of the molecule is O=C(OC[C@H]1O[C@H](OCc2ccccc2)[C@H](OCc2ccccc2)[C@@H](OCc2ccccc2)[C@@H]1O)c1ccccc1. The fourth-order valence-corrected chi connectivity index (χ4v) is 4.63. The van der Waals surface area contributed by atoms with Crippen LogP contribution in [0.4, 0.5) is 0 Å². The summed E-state index contributed by atoms with van der Waals surface area (Å²) in [5, 5.41) is 11.5. The highest BCUT2D eigenvalue weighted by Crippen LogP contribution is 2.29. The van der Waals surface area contributed by atoms with E-state index in [4.69, 9.17) is 23.7 Å². The molecule has 0 spiro atoms. The molecule has 41 heavy (non-hydrogen) atoms. The van der Waals surface area contributed by atoms with E-state index >= 15 is 0 Å². The first-order valence-corrected chi connectivity index (χ1v) is 13.7.